The monoisotopic (exact) mass is 264 g/mol. The first-order valence-corrected chi connectivity index (χ1v) is 5.77. The first-order valence-electron chi connectivity index (χ1n) is 5.77. The smallest absolute Gasteiger partial charge is 0.322 e. The molecule has 19 heavy (non-hydrogen) atoms. The quantitative estimate of drug-likeness (QED) is 0.733. The normalized spacial score (nSPS) is 10.3. The Morgan fingerprint density at radius 1 is 1.26 bits per heavy atom. The predicted molar refractivity (Wildman–Crippen MR) is 69.1 cm³/mol. The van der Waals surface area contributed by atoms with Gasteiger partial charge in [-0.2, -0.15) is 20.1 Å². The van der Waals surface area contributed by atoms with Crippen LogP contribution in [0.25, 0.3) is 0 Å². The average molecular weight is 264 g/mol. The van der Waals surface area contributed by atoms with Gasteiger partial charge in [-0.3, -0.25) is 4.68 Å². The van der Waals surface area contributed by atoms with Crippen molar-refractivity contribution in [1.29, 1.82) is 0 Å². The van der Waals surface area contributed by atoms with Crippen LogP contribution in [0.1, 0.15) is 5.82 Å². The number of aromatic nitrogens is 6. The molecule has 2 aromatic rings. The lowest BCUT2D eigenvalue weighted by atomic mass is 10.4. The third kappa shape index (κ3) is 3.50. The Labute approximate surface area is 110 Å². The van der Waals surface area contributed by atoms with Crippen molar-refractivity contribution in [2.45, 2.75) is 6.42 Å². The Bertz CT molecular complexity index is 518. The zero-order chi connectivity index (χ0) is 13.7. The van der Waals surface area contributed by atoms with Crippen LogP contribution in [0, 0.1) is 0 Å². The predicted octanol–water partition coefficient (Wildman–Crippen LogP) is -0.295. The number of aryl methyl sites for hydroxylation is 1. The average Bonchev–Trinajstić information content (AvgIpc) is 2.84. The molecule has 9 nitrogen and oxygen atoms in total. The molecule has 0 atom stereocenters. The van der Waals surface area contributed by atoms with Gasteiger partial charge >= 0.3 is 6.01 Å². The van der Waals surface area contributed by atoms with Crippen molar-refractivity contribution in [3.63, 3.8) is 0 Å². The third-order valence-electron chi connectivity index (χ3n) is 2.30. The second-order valence-corrected chi connectivity index (χ2v) is 3.73. The van der Waals surface area contributed by atoms with Crippen LogP contribution >= 0.6 is 0 Å². The van der Waals surface area contributed by atoms with Gasteiger partial charge in [-0.1, -0.05) is 0 Å². The molecule has 102 valence electrons. The molecule has 0 bridgehead atoms. The molecule has 0 aliphatic rings. The molecule has 2 aromatic heterocycles. The maximum atomic E-state index is 5.00. The van der Waals surface area contributed by atoms with E-state index >= 15 is 0 Å². The Kier molecular flexibility index (Phi) is 4.06. The maximum Gasteiger partial charge on any atom is 0.322 e. The van der Waals surface area contributed by atoms with Crippen LogP contribution in [-0.4, -0.2) is 50.4 Å². The molecule has 2 heterocycles. The molecule has 0 spiro atoms. The van der Waals surface area contributed by atoms with Gasteiger partial charge in [-0.05, 0) is 0 Å². The topological polar surface area (TPSA) is 103 Å². The Morgan fingerprint density at radius 2 is 2.05 bits per heavy atom. The van der Waals surface area contributed by atoms with Gasteiger partial charge in [0.05, 0.1) is 7.11 Å². The molecule has 0 saturated carbocycles. The van der Waals surface area contributed by atoms with Gasteiger partial charge in [-0.15, -0.1) is 0 Å². The molecule has 0 aliphatic carbocycles. The summed E-state index contributed by atoms with van der Waals surface area (Å²) in [5.41, 5.74) is 0. The van der Waals surface area contributed by atoms with Crippen LogP contribution in [0.4, 0.5) is 11.9 Å². The van der Waals surface area contributed by atoms with E-state index < -0.39 is 0 Å². The van der Waals surface area contributed by atoms with Crippen LogP contribution in [0.2, 0.25) is 0 Å². The van der Waals surface area contributed by atoms with E-state index in [0.717, 1.165) is 5.82 Å². The molecule has 9 heteroatoms. The standard InChI is InChI=1S/C10H16N8O/c1-11-8-14-9(16-10(15-8)19-3)12-5-4-7-13-6-18(2)17-7/h6H,4-5H2,1-3H3,(H2,11,12,14,15,16). The number of nitrogens with one attached hydrogen (secondary N) is 2. The van der Waals surface area contributed by atoms with Gasteiger partial charge in [0.15, 0.2) is 5.82 Å². The fraction of sp³-hybridized carbons (Fsp3) is 0.500. The minimum absolute atomic E-state index is 0.262. The lowest BCUT2D eigenvalue weighted by Crippen LogP contribution is -2.11. The van der Waals surface area contributed by atoms with Crippen molar-refractivity contribution in [2.24, 2.45) is 7.05 Å². The van der Waals surface area contributed by atoms with Crippen LogP contribution in [0.3, 0.4) is 0 Å². The number of rotatable bonds is 6. The van der Waals surface area contributed by atoms with Crippen molar-refractivity contribution in [3.05, 3.63) is 12.2 Å². The molecule has 0 saturated heterocycles. The highest BCUT2D eigenvalue weighted by atomic mass is 16.5. The zero-order valence-corrected chi connectivity index (χ0v) is 11.1. The minimum atomic E-state index is 0.262. The van der Waals surface area contributed by atoms with Crippen molar-refractivity contribution in [2.75, 3.05) is 31.3 Å². The molecule has 0 unspecified atom stereocenters. The molecule has 0 amide bonds. The second kappa shape index (κ2) is 5.94. The van der Waals surface area contributed by atoms with E-state index in [1.165, 1.54) is 7.11 Å². The second-order valence-electron chi connectivity index (χ2n) is 3.73. The summed E-state index contributed by atoms with van der Waals surface area (Å²) in [6.07, 6.45) is 2.35. The fourth-order valence-electron chi connectivity index (χ4n) is 1.42. The molecule has 0 aliphatic heterocycles. The Hall–Kier alpha value is -2.45. The summed E-state index contributed by atoms with van der Waals surface area (Å²) in [6, 6.07) is 0.262. The summed E-state index contributed by atoms with van der Waals surface area (Å²) in [4.78, 5) is 16.4. The van der Waals surface area contributed by atoms with Gasteiger partial charge in [-0.25, -0.2) is 4.98 Å². The van der Waals surface area contributed by atoms with E-state index in [1.54, 1.807) is 18.1 Å². The summed E-state index contributed by atoms with van der Waals surface area (Å²) in [5, 5.41) is 10.1. The number of hydrogen-bond donors (Lipinski definition) is 2. The van der Waals surface area contributed by atoms with E-state index in [1.807, 2.05) is 7.05 Å². The molecule has 0 aromatic carbocycles. The molecular weight excluding hydrogens is 248 g/mol. The largest absolute Gasteiger partial charge is 0.467 e. The van der Waals surface area contributed by atoms with E-state index in [9.17, 15) is 0 Å². The van der Waals surface area contributed by atoms with Crippen LogP contribution in [-0.2, 0) is 13.5 Å². The first kappa shape index (κ1) is 13.0. The Morgan fingerprint density at radius 3 is 2.68 bits per heavy atom. The van der Waals surface area contributed by atoms with Gasteiger partial charge in [0.1, 0.15) is 6.33 Å². The first-order chi connectivity index (χ1) is 9.21. The zero-order valence-electron chi connectivity index (χ0n) is 11.1. The molecular formula is C10H16N8O. The van der Waals surface area contributed by atoms with Crippen molar-refractivity contribution in [1.82, 2.24) is 29.7 Å². The van der Waals surface area contributed by atoms with Crippen LogP contribution in [0.15, 0.2) is 6.33 Å². The maximum absolute atomic E-state index is 5.00. The Balaban J connectivity index is 1.95. The summed E-state index contributed by atoms with van der Waals surface area (Å²) in [5.74, 6) is 1.67. The van der Waals surface area contributed by atoms with E-state index in [4.69, 9.17) is 4.74 Å². The van der Waals surface area contributed by atoms with E-state index in [0.29, 0.717) is 24.9 Å². The van der Waals surface area contributed by atoms with Crippen LogP contribution in [0.5, 0.6) is 6.01 Å². The lowest BCUT2D eigenvalue weighted by Gasteiger charge is -2.06. The highest BCUT2D eigenvalue weighted by Crippen LogP contribution is 2.09. The summed E-state index contributed by atoms with van der Waals surface area (Å²) >= 11 is 0. The SMILES string of the molecule is CNc1nc(NCCc2ncn(C)n2)nc(OC)n1. The van der Waals surface area contributed by atoms with E-state index in [-0.39, 0.29) is 6.01 Å². The number of anilines is 2. The number of ether oxygens (including phenoxy) is 1. The number of methoxy groups -OCH3 is 1. The summed E-state index contributed by atoms with van der Waals surface area (Å²) in [6.45, 7) is 0.625. The highest BCUT2D eigenvalue weighted by molar-refractivity contribution is 5.35. The van der Waals surface area contributed by atoms with Gasteiger partial charge in [0, 0.05) is 27.1 Å². The summed E-state index contributed by atoms with van der Waals surface area (Å²) in [7, 11) is 5.08. The van der Waals surface area contributed by atoms with Crippen LogP contribution < -0.4 is 15.4 Å². The molecule has 2 N–H and O–H groups in total. The molecule has 2 rings (SSSR count). The highest BCUT2D eigenvalue weighted by Gasteiger charge is 2.05. The fourth-order valence-corrected chi connectivity index (χ4v) is 1.42. The minimum Gasteiger partial charge on any atom is -0.467 e. The third-order valence-corrected chi connectivity index (χ3v) is 2.30. The van der Waals surface area contributed by atoms with E-state index in [2.05, 4.69) is 35.7 Å². The van der Waals surface area contributed by atoms with Gasteiger partial charge < -0.3 is 15.4 Å². The van der Waals surface area contributed by atoms with Gasteiger partial charge in [0.2, 0.25) is 11.9 Å². The molecule has 0 fully saturated rings. The van der Waals surface area contributed by atoms with Crippen molar-refractivity contribution >= 4 is 11.9 Å². The number of hydrogen-bond acceptors (Lipinski definition) is 8. The number of nitrogens with zero attached hydrogens (tertiary/aromatic N) is 6. The molecule has 0 radical (unpaired) electrons. The van der Waals surface area contributed by atoms with Crippen molar-refractivity contribution in [3.8, 4) is 6.01 Å². The summed E-state index contributed by atoms with van der Waals surface area (Å²) < 4.78 is 6.66. The van der Waals surface area contributed by atoms with Crippen molar-refractivity contribution < 1.29 is 4.74 Å². The van der Waals surface area contributed by atoms with Gasteiger partial charge in [0.25, 0.3) is 0 Å². The lowest BCUT2D eigenvalue weighted by molar-refractivity contribution is 0.379.